The molecule has 0 aliphatic carbocycles. The molecule has 2 rings (SSSR count). The first-order valence-electron chi connectivity index (χ1n) is 6.75. The number of carboxylic acids is 1. The van der Waals surface area contributed by atoms with E-state index < -0.39 is 24.2 Å². The molecule has 0 spiro atoms. The molecule has 0 bridgehead atoms. The Balaban J connectivity index is 2.49. The molecule has 0 saturated heterocycles. The molecule has 3 N–H and O–H groups in total. The van der Waals surface area contributed by atoms with Crippen molar-refractivity contribution in [2.24, 2.45) is 0 Å². The lowest BCUT2D eigenvalue weighted by Crippen LogP contribution is -2.45. The molecule has 0 aliphatic rings. The Morgan fingerprint density at radius 2 is 1.76 bits per heavy atom. The zero-order chi connectivity index (χ0) is 18.9. The summed E-state index contributed by atoms with van der Waals surface area (Å²) < 4.78 is 0. The van der Waals surface area contributed by atoms with Gasteiger partial charge in [0, 0.05) is 16.8 Å². The van der Waals surface area contributed by atoms with Crippen molar-refractivity contribution < 1.29 is 19.8 Å². The highest BCUT2D eigenvalue weighted by atomic mass is 35.5. The first kappa shape index (κ1) is 19.0. The van der Waals surface area contributed by atoms with Gasteiger partial charge in [-0.1, -0.05) is 28.0 Å². The Morgan fingerprint density at radius 3 is 2.32 bits per heavy atom. The van der Waals surface area contributed by atoms with Crippen LogP contribution in [0.1, 0.15) is 10.5 Å². The average Bonchev–Trinajstić information content (AvgIpc) is 2.56. The monoisotopic (exact) mass is 346 g/mol. The lowest BCUT2D eigenvalue weighted by molar-refractivity contribution is -0.135. The summed E-state index contributed by atoms with van der Waals surface area (Å²) in [6.45, 7) is -0.619. The summed E-state index contributed by atoms with van der Waals surface area (Å²) in [4.78, 5) is 26.1. The van der Waals surface area contributed by atoms with E-state index in [9.17, 15) is 14.7 Å². The molecular formula is C14H7B4ClN2O4. The molecule has 8 radical (unpaired) electrons. The highest BCUT2D eigenvalue weighted by molar-refractivity contribution is 6.66. The third-order valence-corrected chi connectivity index (χ3v) is 3.77. The Bertz CT molecular complexity index is 863. The van der Waals surface area contributed by atoms with E-state index in [-0.39, 0.29) is 43.7 Å². The molecule has 1 aromatic carbocycles. The minimum Gasteiger partial charge on any atom is -0.505 e. The summed E-state index contributed by atoms with van der Waals surface area (Å²) in [5, 5.41) is 20.7. The van der Waals surface area contributed by atoms with E-state index in [1.165, 1.54) is 12.3 Å². The molecule has 0 aliphatic heterocycles. The number of amides is 1. The molecule has 116 valence electrons. The van der Waals surface area contributed by atoms with Gasteiger partial charge in [-0.3, -0.25) is 9.59 Å². The van der Waals surface area contributed by atoms with Crippen molar-refractivity contribution in [3.63, 3.8) is 0 Å². The number of carbonyl (C=O) groups excluding carboxylic acids is 1. The predicted octanol–water partition coefficient (Wildman–Crippen LogP) is -2.90. The van der Waals surface area contributed by atoms with Crippen molar-refractivity contribution in [1.82, 2.24) is 10.3 Å². The molecule has 25 heavy (non-hydrogen) atoms. The smallest absolute Gasteiger partial charge is 0.322 e. The van der Waals surface area contributed by atoms with Gasteiger partial charge < -0.3 is 15.5 Å². The van der Waals surface area contributed by atoms with Gasteiger partial charge in [-0.25, -0.2) is 4.98 Å². The minimum atomic E-state index is -1.24. The largest absolute Gasteiger partial charge is 0.505 e. The fourth-order valence-corrected chi connectivity index (χ4v) is 2.31. The van der Waals surface area contributed by atoms with Gasteiger partial charge in [0.15, 0.2) is 5.69 Å². The Hall–Kier alpha value is -2.34. The SMILES string of the molecule is [B]c1c([B])c(Cl)c([B])c(-c2cnc(C(=O)NCC(=O)O)c(O)c2)c1[B]. The molecule has 11 heteroatoms. The number of benzene rings is 1. The van der Waals surface area contributed by atoms with Crippen LogP contribution in [-0.4, -0.2) is 65.0 Å². The van der Waals surface area contributed by atoms with Crippen LogP contribution in [0, 0.1) is 0 Å². The van der Waals surface area contributed by atoms with E-state index in [4.69, 9.17) is 48.1 Å². The fourth-order valence-electron chi connectivity index (χ4n) is 2.11. The lowest BCUT2D eigenvalue weighted by atomic mass is 9.65. The topological polar surface area (TPSA) is 99.5 Å². The molecule has 2 aromatic rings. The van der Waals surface area contributed by atoms with E-state index in [0.717, 1.165) is 0 Å². The lowest BCUT2D eigenvalue weighted by Gasteiger charge is -2.19. The van der Waals surface area contributed by atoms with Gasteiger partial charge in [0.1, 0.15) is 43.7 Å². The third-order valence-electron chi connectivity index (χ3n) is 3.36. The number of aliphatic carboxylic acids is 1. The highest BCUT2D eigenvalue weighted by Crippen LogP contribution is 2.23. The second kappa shape index (κ2) is 7.27. The van der Waals surface area contributed by atoms with Crippen molar-refractivity contribution >= 4 is 76.7 Å². The van der Waals surface area contributed by atoms with Crippen LogP contribution in [0.15, 0.2) is 12.3 Å². The third kappa shape index (κ3) is 3.69. The van der Waals surface area contributed by atoms with Crippen LogP contribution in [0.5, 0.6) is 5.75 Å². The van der Waals surface area contributed by atoms with Crippen molar-refractivity contribution in [3.05, 3.63) is 23.0 Å². The average molecular weight is 346 g/mol. The Labute approximate surface area is 153 Å². The molecule has 6 nitrogen and oxygen atoms in total. The maximum Gasteiger partial charge on any atom is 0.322 e. The number of carboxylic acid groups (broad SMARTS) is 1. The fraction of sp³-hybridized carbons (Fsp3) is 0.0714. The number of hydrogen-bond donors (Lipinski definition) is 3. The van der Waals surface area contributed by atoms with Gasteiger partial charge >= 0.3 is 5.97 Å². The van der Waals surface area contributed by atoms with Crippen LogP contribution < -0.4 is 27.2 Å². The van der Waals surface area contributed by atoms with Crippen LogP contribution in [-0.2, 0) is 4.79 Å². The standard InChI is InChI=1S/C14H7B4ClN2O4/c15-8-7(9(16)12(19)11(18)10(8)17)4-1-5(22)13(20-2-4)14(25)21-3-6(23)24/h1-2,22H,3H2,(H,21,25)(H,23,24). The van der Waals surface area contributed by atoms with Crippen LogP contribution in [0.25, 0.3) is 11.1 Å². The van der Waals surface area contributed by atoms with Crippen molar-refractivity contribution in [1.29, 1.82) is 0 Å². The van der Waals surface area contributed by atoms with Gasteiger partial charge in [-0.05, 0) is 11.6 Å². The molecular weight excluding hydrogens is 339 g/mol. The summed E-state index contributed by atoms with van der Waals surface area (Å²) in [6.07, 6.45) is 1.21. The molecule has 0 fully saturated rings. The maximum atomic E-state index is 11.8. The number of nitrogens with zero attached hydrogens (tertiary/aromatic N) is 1. The van der Waals surface area contributed by atoms with Gasteiger partial charge in [0.25, 0.3) is 5.91 Å². The molecule has 1 aromatic heterocycles. The number of aromatic nitrogens is 1. The zero-order valence-corrected chi connectivity index (χ0v) is 13.5. The number of pyridine rings is 1. The number of halogens is 1. The number of carbonyl (C=O) groups is 2. The molecule has 1 heterocycles. The second-order valence-corrected chi connectivity index (χ2v) is 5.39. The van der Waals surface area contributed by atoms with Crippen LogP contribution >= 0.6 is 11.6 Å². The number of nitrogens with one attached hydrogen (secondary N) is 1. The first-order valence-corrected chi connectivity index (χ1v) is 7.13. The highest BCUT2D eigenvalue weighted by Gasteiger charge is 2.18. The quantitative estimate of drug-likeness (QED) is 0.516. The van der Waals surface area contributed by atoms with Crippen molar-refractivity contribution in [2.75, 3.05) is 6.54 Å². The van der Waals surface area contributed by atoms with Crippen LogP contribution in [0.4, 0.5) is 0 Å². The minimum absolute atomic E-state index is 0.00414. The number of rotatable bonds is 4. The number of aromatic hydroxyl groups is 1. The van der Waals surface area contributed by atoms with Gasteiger partial charge in [0.05, 0.1) is 0 Å². The van der Waals surface area contributed by atoms with E-state index >= 15 is 0 Å². The van der Waals surface area contributed by atoms with Gasteiger partial charge in [0.2, 0.25) is 0 Å². The maximum absolute atomic E-state index is 11.8. The van der Waals surface area contributed by atoms with E-state index in [0.29, 0.717) is 0 Å². The van der Waals surface area contributed by atoms with Crippen molar-refractivity contribution in [3.8, 4) is 16.9 Å². The molecule has 0 unspecified atom stereocenters. The van der Waals surface area contributed by atoms with E-state index in [1.54, 1.807) is 0 Å². The van der Waals surface area contributed by atoms with Gasteiger partial charge in [-0.2, -0.15) is 0 Å². The summed E-state index contributed by atoms with van der Waals surface area (Å²) >= 11 is 6.01. The Morgan fingerprint density at radius 1 is 1.12 bits per heavy atom. The summed E-state index contributed by atoms with van der Waals surface area (Å²) in [5.41, 5.74) is 0.225. The first-order chi connectivity index (χ1) is 11.6. The summed E-state index contributed by atoms with van der Waals surface area (Å²) in [7, 11) is 23.3. The second-order valence-electron chi connectivity index (χ2n) is 5.01. The van der Waals surface area contributed by atoms with Gasteiger partial charge in [-0.15, -0.1) is 5.46 Å². The summed E-state index contributed by atoms with van der Waals surface area (Å²) in [6, 6.07) is 1.18. The Kier molecular flexibility index (Phi) is 5.52. The van der Waals surface area contributed by atoms with Crippen LogP contribution in [0.2, 0.25) is 5.02 Å². The zero-order valence-electron chi connectivity index (χ0n) is 12.7. The normalized spacial score (nSPS) is 10.4. The van der Waals surface area contributed by atoms with E-state index in [1.807, 2.05) is 0 Å². The number of hydrogen-bond acceptors (Lipinski definition) is 4. The molecule has 0 atom stereocenters. The molecule has 1 amide bonds. The summed E-state index contributed by atoms with van der Waals surface area (Å²) in [5.74, 6) is -2.61. The van der Waals surface area contributed by atoms with Crippen LogP contribution in [0.3, 0.4) is 0 Å². The predicted molar refractivity (Wildman–Crippen MR) is 97.9 cm³/mol. The van der Waals surface area contributed by atoms with E-state index in [2.05, 4.69) is 10.3 Å². The van der Waals surface area contributed by atoms with Crippen molar-refractivity contribution in [2.45, 2.75) is 0 Å². The molecule has 0 saturated carbocycles.